The molecule has 98 valence electrons. The third-order valence-corrected chi connectivity index (χ3v) is 3.30. The molecule has 4 nitrogen and oxygen atoms in total. The second-order valence-corrected chi connectivity index (χ2v) is 5.05. The van der Waals surface area contributed by atoms with Crippen LogP contribution >= 0.6 is 0 Å². The van der Waals surface area contributed by atoms with Crippen molar-refractivity contribution in [2.75, 3.05) is 13.7 Å². The summed E-state index contributed by atoms with van der Waals surface area (Å²) >= 11 is 0. The molecule has 0 aliphatic heterocycles. The van der Waals surface area contributed by atoms with Crippen molar-refractivity contribution in [3.05, 3.63) is 11.9 Å². The summed E-state index contributed by atoms with van der Waals surface area (Å²) in [5.74, 6) is 1.85. The van der Waals surface area contributed by atoms with Crippen LogP contribution in [0.15, 0.2) is 6.20 Å². The Balaban J connectivity index is 2.73. The van der Waals surface area contributed by atoms with Crippen LogP contribution in [0.4, 0.5) is 0 Å². The maximum absolute atomic E-state index is 5.36. The van der Waals surface area contributed by atoms with Gasteiger partial charge in [0.1, 0.15) is 0 Å². The second kappa shape index (κ2) is 6.05. The lowest BCUT2D eigenvalue weighted by Crippen LogP contribution is -2.30. The topological polar surface area (TPSA) is 39.1 Å². The van der Waals surface area contributed by atoms with Crippen molar-refractivity contribution < 1.29 is 4.74 Å². The lowest BCUT2D eigenvalue weighted by molar-refractivity contribution is 0.376. The molecule has 2 unspecified atom stereocenters. The number of aryl methyl sites for hydroxylation is 1. The maximum Gasteiger partial charge on any atom is 0.160 e. The smallest absolute Gasteiger partial charge is 0.160 e. The fraction of sp³-hybridized carbons (Fsp3) is 0.769. The number of rotatable bonds is 6. The van der Waals surface area contributed by atoms with Gasteiger partial charge >= 0.3 is 0 Å². The summed E-state index contributed by atoms with van der Waals surface area (Å²) in [4.78, 5) is 0. The Labute approximate surface area is 104 Å². The van der Waals surface area contributed by atoms with E-state index in [0.29, 0.717) is 17.9 Å². The number of aromatic nitrogens is 2. The molecule has 4 heteroatoms. The Kier molecular flexibility index (Phi) is 5.00. The summed E-state index contributed by atoms with van der Waals surface area (Å²) in [5, 5.41) is 7.73. The SMILES string of the molecule is COc1cnn(C)c1C(C)C(C)CNC(C)C. The molecule has 17 heavy (non-hydrogen) atoms. The van der Waals surface area contributed by atoms with Crippen LogP contribution in [0.5, 0.6) is 5.75 Å². The molecule has 0 aliphatic carbocycles. The van der Waals surface area contributed by atoms with Gasteiger partial charge in [0.15, 0.2) is 5.75 Å². The van der Waals surface area contributed by atoms with E-state index in [9.17, 15) is 0 Å². The molecule has 0 radical (unpaired) electrons. The van der Waals surface area contributed by atoms with Crippen LogP contribution in [0, 0.1) is 5.92 Å². The Bertz CT molecular complexity index is 346. The van der Waals surface area contributed by atoms with Crippen LogP contribution in [0.1, 0.15) is 39.3 Å². The molecule has 1 aromatic heterocycles. The molecule has 0 aliphatic rings. The summed E-state index contributed by atoms with van der Waals surface area (Å²) in [6.45, 7) is 9.83. The van der Waals surface area contributed by atoms with E-state index in [-0.39, 0.29) is 0 Å². The molecular formula is C13H25N3O. The van der Waals surface area contributed by atoms with E-state index in [1.54, 1.807) is 13.3 Å². The van der Waals surface area contributed by atoms with Crippen molar-refractivity contribution in [3.63, 3.8) is 0 Å². The van der Waals surface area contributed by atoms with Gasteiger partial charge in [-0.05, 0) is 12.5 Å². The van der Waals surface area contributed by atoms with E-state index in [2.05, 4.69) is 38.1 Å². The second-order valence-electron chi connectivity index (χ2n) is 5.05. The highest BCUT2D eigenvalue weighted by Gasteiger charge is 2.21. The first-order chi connectivity index (χ1) is 7.97. The van der Waals surface area contributed by atoms with Gasteiger partial charge in [0.05, 0.1) is 19.0 Å². The minimum atomic E-state index is 0.420. The third-order valence-electron chi connectivity index (χ3n) is 3.30. The Hall–Kier alpha value is -1.03. The highest BCUT2D eigenvalue weighted by molar-refractivity contribution is 5.28. The first-order valence-electron chi connectivity index (χ1n) is 6.26. The number of nitrogens with zero attached hydrogens (tertiary/aromatic N) is 2. The molecule has 0 spiro atoms. The first kappa shape index (κ1) is 14.0. The quantitative estimate of drug-likeness (QED) is 0.827. The van der Waals surface area contributed by atoms with Gasteiger partial charge in [-0.1, -0.05) is 27.7 Å². The Morgan fingerprint density at radius 3 is 2.53 bits per heavy atom. The van der Waals surface area contributed by atoms with Gasteiger partial charge in [-0.15, -0.1) is 0 Å². The number of ether oxygens (including phenoxy) is 1. The molecule has 0 amide bonds. The average molecular weight is 239 g/mol. The molecule has 0 fully saturated rings. The van der Waals surface area contributed by atoms with Gasteiger partial charge in [0, 0.05) is 19.0 Å². The van der Waals surface area contributed by atoms with Crippen LogP contribution in [-0.4, -0.2) is 29.5 Å². The predicted molar refractivity (Wildman–Crippen MR) is 70.5 cm³/mol. The molecule has 2 atom stereocenters. The van der Waals surface area contributed by atoms with E-state index in [4.69, 9.17) is 4.74 Å². The summed E-state index contributed by atoms with van der Waals surface area (Å²) in [6, 6.07) is 0.526. The van der Waals surface area contributed by atoms with Crippen molar-refractivity contribution in [3.8, 4) is 5.75 Å². The standard InChI is InChI=1S/C13H25N3O/c1-9(2)14-7-10(3)11(4)13-12(17-6)8-15-16(13)5/h8-11,14H,7H2,1-6H3. The molecule has 1 heterocycles. The van der Waals surface area contributed by atoms with Crippen LogP contribution < -0.4 is 10.1 Å². The number of methoxy groups -OCH3 is 1. The highest BCUT2D eigenvalue weighted by Crippen LogP contribution is 2.30. The van der Waals surface area contributed by atoms with Crippen LogP contribution in [0.25, 0.3) is 0 Å². The highest BCUT2D eigenvalue weighted by atomic mass is 16.5. The average Bonchev–Trinajstić information content (AvgIpc) is 2.66. The van der Waals surface area contributed by atoms with E-state index in [1.165, 1.54) is 5.69 Å². The summed E-state index contributed by atoms with van der Waals surface area (Å²) in [7, 11) is 3.67. The van der Waals surface area contributed by atoms with Crippen molar-refractivity contribution in [2.24, 2.45) is 13.0 Å². The molecule has 1 N–H and O–H groups in total. The van der Waals surface area contributed by atoms with Crippen molar-refractivity contribution in [1.29, 1.82) is 0 Å². The molecule has 0 saturated heterocycles. The van der Waals surface area contributed by atoms with Crippen LogP contribution in [0.2, 0.25) is 0 Å². The molecule has 0 saturated carbocycles. The predicted octanol–water partition coefficient (Wildman–Crippen LogP) is 2.17. The van der Waals surface area contributed by atoms with E-state index in [1.807, 2.05) is 11.7 Å². The minimum Gasteiger partial charge on any atom is -0.493 e. The van der Waals surface area contributed by atoms with Gasteiger partial charge in [0.25, 0.3) is 0 Å². The lowest BCUT2D eigenvalue weighted by atomic mass is 9.92. The third kappa shape index (κ3) is 3.46. The summed E-state index contributed by atoms with van der Waals surface area (Å²) in [6.07, 6.45) is 1.79. The number of hydrogen-bond acceptors (Lipinski definition) is 3. The normalized spacial score (nSPS) is 15.0. The maximum atomic E-state index is 5.36. The van der Waals surface area contributed by atoms with Gasteiger partial charge in [-0.3, -0.25) is 4.68 Å². The van der Waals surface area contributed by atoms with Crippen molar-refractivity contribution in [1.82, 2.24) is 15.1 Å². The summed E-state index contributed by atoms with van der Waals surface area (Å²) in [5.41, 5.74) is 1.17. The Morgan fingerprint density at radius 2 is 2.00 bits per heavy atom. The molecule has 0 bridgehead atoms. The molecule has 1 aromatic rings. The van der Waals surface area contributed by atoms with Gasteiger partial charge in [-0.25, -0.2) is 0 Å². The van der Waals surface area contributed by atoms with Crippen molar-refractivity contribution >= 4 is 0 Å². The van der Waals surface area contributed by atoms with E-state index >= 15 is 0 Å². The Morgan fingerprint density at radius 1 is 1.35 bits per heavy atom. The zero-order valence-electron chi connectivity index (χ0n) is 11.8. The molecule has 0 aromatic carbocycles. The lowest BCUT2D eigenvalue weighted by Gasteiger charge is -2.22. The van der Waals surface area contributed by atoms with Gasteiger partial charge in [0.2, 0.25) is 0 Å². The zero-order chi connectivity index (χ0) is 13.0. The van der Waals surface area contributed by atoms with E-state index in [0.717, 1.165) is 12.3 Å². The summed E-state index contributed by atoms with van der Waals surface area (Å²) < 4.78 is 7.27. The van der Waals surface area contributed by atoms with Gasteiger partial charge < -0.3 is 10.1 Å². The molecular weight excluding hydrogens is 214 g/mol. The minimum absolute atomic E-state index is 0.420. The zero-order valence-corrected chi connectivity index (χ0v) is 11.8. The monoisotopic (exact) mass is 239 g/mol. The van der Waals surface area contributed by atoms with Crippen LogP contribution in [-0.2, 0) is 7.05 Å². The fourth-order valence-corrected chi connectivity index (χ4v) is 1.97. The molecule has 1 rings (SSSR count). The first-order valence-corrected chi connectivity index (χ1v) is 6.26. The van der Waals surface area contributed by atoms with E-state index < -0.39 is 0 Å². The fourth-order valence-electron chi connectivity index (χ4n) is 1.97. The van der Waals surface area contributed by atoms with Gasteiger partial charge in [-0.2, -0.15) is 5.10 Å². The largest absolute Gasteiger partial charge is 0.493 e. The van der Waals surface area contributed by atoms with Crippen molar-refractivity contribution in [2.45, 2.75) is 39.7 Å². The number of hydrogen-bond donors (Lipinski definition) is 1. The number of nitrogens with one attached hydrogen (secondary N) is 1. The van der Waals surface area contributed by atoms with Crippen LogP contribution in [0.3, 0.4) is 0 Å².